The monoisotopic (exact) mass is 239 g/mol. The zero-order valence-corrected chi connectivity index (χ0v) is 10.7. The van der Waals surface area contributed by atoms with Gasteiger partial charge in [-0.05, 0) is 44.6 Å². The van der Waals surface area contributed by atoms with Crippen molar-refractivity contribution in [1.29, 1.82) is 0 Å². The van der Waals surface area contributed by atoms with Crippen LogP contribution in [0, 0.1) is 5.92 Å². The summed E-state index contributed by atoms with van der Waals surface area (Å²) in [6.45, 7) is 2.84. The van der Waals surface area contributed by atoms with Crippen molar-refractivity contribution in [2.24, 2.45) is 5.92 Å². The topological polar surface area (TPSA) is 38.3 Å². The van der Waals surface area contributed by atoms with Crippen LogP contribution in [0.25, 0.3) is 0 Å². The van der Waals surface area contributed by atoms with Crippen molar-refractivity contribution in [3.63, 3.8) is 0 Å². The van der Waals surface area contributed by atoms with Crippen LogP contribution >= 0.6 is 0 Å². The van der Waals surface area contributed by atoms with Gasteiger partial charge in [-0.1, -0.05) is 6.42 Å². The van der Waals surface area contributed by atoms with Crippen molar-refractivity contribution in [2.45, 2.75) is 57.4 Å². The second-order valence-corrected chi connectivity index (χ2v) is 5.48. The lowest BCUT2D eigenvalue weighted by atomic mass is 9.91. The Kier molecular flexibility index (Phi) is 5.46. The summed E-state index contributed by atoms with van der Waals surface area (Å²) < 4.78 is 5.32. The SMILES string of the molecule is O=C(CCC1CCCCN1)CC1CCOCC1. The fourth-order valence-corrected chi connectivity index (χ4v) is 2.88. The zero-order chi connectivity index (χ0) is 11.9. The smallest absolute Gasteiger partial charge is 0.133 e. The molecule has 0 saturated carbocycles. The van der Waals surface area contributed by atoms with E-state index in [1.165, 1.54) is 19.3 Å². The molecule has 0 radical (unpaired) electrons. The largest absolute Gasteiger partial charge is 0.381 e. The molecule has 1 N–H and O–H groups in total. The lowest BCUT2D eigenvalue weighted by Gasteiger charge is -2.24. The van der Waals surface area contributed by atoms with Gasteiger partial charge in [0, 0.05) is 32.1 Å². The maximum Gasteiger partial charge on any atom is 0.133 e. The normalized spacial score (nSPS) is 26.9. The first kappa shape index (κ1) is 13.0. The number of rotatable bonds is 5. The summed E-state index contributed by atoms with van der Waals surface area (Å²) in [5.41, 5.74) is 0. The third kappa shape index (κ3) is 4.76. The van der Waals surface area contributed by atoms with E-state index in [4.69, 9.17) is 4.74 Å². The molecule has 2 aliphatic rings. The highest BCUT2D eigenvalue weighted by Gasteiger charge is 2.19. The molecule has 0 aromatic heterocycles. The van der Waals surface area contributed by atoms with Gasteiger partial charge in [-0.3, -0.25) is 4.79 Å². The number of piperidine rings is 1. The highest BCUT2D eigenvalue weighted by atomic mass is 16.5. The number of ketones is 1. The first-order valence-corrected chi connectivity index (χ1v) is 7.17. The van der Waals surface area contributed by atoms with Gasteiger partial charge >= 0.3 is 0 Å². The van der Waals surface area contributed by atoms with E-state index in [0.717, 1.165) is 51.9 Å². The molecule has 0 aromatic rings. The number of ether oxygens (including phenoxy) is 1. The Bertz CT molecular complexity index is 230. The number of hydrogen-bond acceptors (Lipinski definition) is 3. The number of carbonyl (C=O) groups excluding carboxylic acids is 1. The van der Waals surface area contributed by atoms with Gasteiger partial charge in [0.1, 0.15) is 5.78 Å². The second kappa shape index (κ2) is 7.12. The van der Waals surface area contributed by atoms with Gasteiger partial charge in [0.05, 0.1) is 0 Å². The molecular weight excluding hydrogens is 214 g/mol. The van der Waals surface area contributed by atoms with Crippen molar-refractivity contribution in [1.82, 2.24) is 5.32 Å². The van der Waals surface area contributed by atoms with E-state index in [0.29, 0.717) is 17.7 Å². The number of hydrogen-bond donors (Lipinski definition) is 1. The summed E-state index contributed by atoms with van der Waals surface area (Å²) in [6.07, 6.45) is 8.64. The van der Waals surface area contributed by atoms with Gasteiger partial charge in [0.2, 0.25) is 0 Å². The summed E-state index contributed by atoms with van der Waals surface area (Å²) >= 11 is 0. The minimum Gasteiger partial charge on any atom is -0.381 e. The molecular formula is C14H25NO2. The lowest BCUT2D eigenvalue weighted by Crippen LogP contribution is -2.34. The molecule has 0 amide bonds. The van der Waals surface area contributed by atoms with Gasteiger partial charge in [0.15, 0.2) is 0 Å². The second-order valence-electron chi connectivity index (χ2n) is 5.48. The van der Waals surface area contributed by atoms with Crippen molar-refractivity contribution in [3.8, 4) is 0 Å². The Morgan fingerprint density at radius 2 is 2.00 bits per heavy atom. The van der Waals surface area contributed by atoms with Crippen LogP contribution in [-0.2, 0) is 9.53 Å². The van der Waals surface area contributed by atoms with Gasteiger partial charge in [-0.2, -0.15) is 0 Å². The third-order valence-electron chi connectivity index (χ3n) is 4.04. The minimum atomic E-state index is 0.462. The maximum atomic E-state index is 11.9. The summed E-state index contributed by atoms with van der Waals surface area (Å²) in [4.78, 5) is 11.9. The average Bonchev–Trinajstić information content (AvgIpc) is 2.39. The average molecular weight is 239 g/mol. The predicted molar refractivity (Wildman–Crippen MR) is 68.0 cm³/mol. The Morgan fingerprint density at radius 1 is 1.18 bits per heavy atom. The van der Waals surface area contributed by atoms with Crippen molar-refractivity contribution in [3.05, 3.63) is 0 Å². The van der Waals surface area contributed by atoms with Gasteiger partial charge < -0.3 is 10.1 Å². The van der Waals surface area contributed by atoms with E-state index in [9.17, 15) is 4.79 Å². The molecule has 0 spiro atoms. The van der Waals surface area contributed by atoms with E-state index in [-0.39, 0.29) is 0 Å². The maximum absolute atomic E-state index is 11.9. The molecule has 0 bridgehead atoms. The van der Waals surface area contributed by atoms with E-state index in [1.54, 1.807) is 0 Å². The molecule has 2 fully saturated rings. The van der Waals surface area contributed by atoms with Crippen molar-refractivity contribution >= 4 is 5.78 Å². The van der Waals surface area contributed by atoms with Crippen LogP contribution in [0.4, 0.5) is 0 Å². The van der Waals surface area contributed by atoms with E-state index < -0.39 is 0 Å². The summed E-state index contributed by atoms with van der Waals surface area (Å²) in [7, 11) is 0. The first-order chi connectivity index (χ1) is 8.34. The number of nitrogens with one attached hydrogen (secondary N) is 1. The molecule has 0 aromatic carbocycles. The van der Waals surface area contributed by atoms with E-state index in [1.807, 2.05) is 0 Å². The van der Waals surface area contributed by atoms with Crippen LogP contribution in [-0.4, -0.2) is 31.6 Å². The molecule has 3 heteroatoms. The fourth-order valence-electron chi connectivity index (χ4n) is 2.88. The molecule has 0 aliphatic carbocycles. The molecule has 17 heavy (non-hydrogen) atoms. The minimum absolute atomic E-state index is 0.462. The van der Waals surface area contributed by atoms with Crippen LogP contribution in [0.2, 0.25) is 0 Å². The van der Waals surface area contributed by atoms with Gasteiger partial charge in [-0.25, -0.2) is 0 Å². The van der Waals surface area contributed by atoms with Crippen LogP contribution < -0.4 is 5.32 Å². The molecule has 1 unspecified atom stereocenters. The molecule has 3 nitrogen and oxygen atoms in total. The van der Waals surface area contributed by atoms with Gasteiger partial charge in [0.25, 0.3) is 0 Å². The number of Topliss-reactive ketones (excluding diaryl/α,β-unsaturated/α-hetero) is 1. The quantitative estimate of drug-likeness (QED) is 0.800. The van der Waals surface area contributed by atoms with Crippen molar-refractivity contribution < 1.29 is 9.53 Å². The van der Waals surface area contributed by atoms with Crippen LogP contribution in [0.1, 0.15) is 51.4 Å². The van der Waals surface area contributed by atoms with Gasteiger partial charge in [-0.15, -0.1) is 0 Å². The molecule has 1 atom stereocenters. The van der Waals surface area contributed by atoms with E-state index >= 15 is 0 Å². The highest BCUT2D eigenvalue weighted by molar-refractivity contribution is 5.78. The molecule has 98 valence electrons. The summed E-state index contributed by atoms with van der Waals surface area (Å²) in [5, 5.41) is 3.51. The Hall–Kier alpha value is -0.410. The Morgan fingerprint density at radius 3 is 2.71 bits per heavy atom. The third-order valence-corrected chi connectivity index (χ3v) is 4.04. The Balaban J connectivity index is 1.59. The number of carbonyl (C=O) groups is 1. The van der Waals surface area contributed by atoms with Crippen LogP contribution in [0.3, 0.4) is 0 Å². The molecule has 2 rings (SSSR count). The zero-order valence-electron chi connectivity index (χ0n) is 10.7. The van der Waals surface area contributed by atoms with Crippen LogP contribution in [0.15, 0.2) is 0 Å². The highest BCUT2D eigenvalue weighted by Crippen LogP contribution is 2.20. The Labute approximate surface area is 104 Å². The summed E-state index contributed by atoms with van der Waals surface area (Å²) in [6, 6.07) is 0.599. The van der Waals surface area contributed by atoms with Crippen LogP contribution in [0.5, 0.6) is 0 Å². The fraction of sp³-hybridized carbons (Fsp3) is 0.929. The van der Waals surface area contributed by atoms with E-state index in [2.05, 4.69) is 5.32 Å². The predicted octanol–water partition coefficient (Wildman–Crippen LogP) is 2.29. The summed E-state index contributed by atoms with van der Waals surface area (Å²) in [5.74, 6) is 1.06. The lowest BCUT2D eigenvalue weighted by molar-refractivity contribution is -0.120. The first-order valence-electron chi connectivity index (χ1n) is 7.17. The molecule has 2 saturated heterocycles. The molecule has 2 aliphatic heterocycles. The van der Waals surface area contributed by atoms with Crippen molar-refractivity contribution in [2.75, 3.05) is 19.8 Å². The standard InChI is InChI=1S/C14H25NO2/c16-14(11-12-6-9-17-10-7-12)5-4-13-3-1-2-8-15-13/h12-13,15H,1-11H2. The molecule has 2 heterocycles.